The molecule has 0 unspecified atom stereocenters. The molecule has 0 spiro atoms. The number of hydrogen-bond donors (Lipinski definition) is 1. The molecule has 142 valence electrons. The first-order valence-electron chi connectivity index (χ1n) is 9.25. The van der Waals surface area contributed by atoms with Gasteiger partial charge in [0.05, 0.1) is 22.6 Å². The summed E-state index contributed by atoms with van der Waals surface area (Å²) in [4.78, 5) is 22.2. The maximum atomic E-state index is 13.7. The Morgan fingerprint density at radius 2 is 2.04 bits per heavy atom. The van der Waals surface area contributed by atoms with Gasteiger partial charge in [0, 0.05) is 12.1 Å². The summed E-state index contributed by atoms with van der Waals surface area (Å²) in [5, 5.41) is 0.598. The lowest BCUT2D eigenvalue weighted by molar-refractivity contribution is -0.118. The van der Waals surface area contributed by atoms with Crippen LogP contribution >= 0.6 is 11.6 Å². The summed E-state index contributed by atoms with van der Waals surface area (Å²) in [7, 11) is 0. The van der Waals surface area contributed by atoms with Crippen LogP contribution in [0.25, 0.3) is 11.0 Å². The number of rotatable bonds is 7. The Kier molecular flexibility index (Phi) is 6.11. The van der Waals surface area contributed by atoms with E-state index in [4.69, 9.17) is 16.6 Å². The standard InChI is InChI=1S/C21H23ClFN3O/c1-3-6-14-10-11-17(22)21-20(14)24-18(25-21)13-26(19(27)7-4-2)16-9-5-8-15(23)12-16/h5,8-12H,3-4,6-7,13H2,1-2H3,(H,24,25). The van der Waals surface area contributed by atoms with E-state index in [-0.39, 0.29) is 18.3 Å². The van der Waals surface area contributed by atoms with Gasteiger partial charge in [-0.25, -0.2) is 9.37 Å². The number of nitrogens with one attached hydrogen (secondary N) is 1. The molecule has 1 heterocycles. The number of fused-ring (bicyclic) bond motifs is 1. The van der Waals surface area contributed by atoms with E-state index in [1.54, 1.807) is 17.0 Å². The van der Waals surface area contributed by atoms with Crippen LogP contribution in [0.4, 0.5) is 10.1 Å². The van der Waals surface area contributed by atoms with Gasteiger partial charge in [-0.1, -0.05) is 44.0 Å². The van der Waals surface area contributed by atoms with E-state index in [9.17, 15) is 9.18 Å². The molecule has 2 aromatic carbocycles. The Morgan fingerprint density at radius 1 is 1.22 bits per heavy atom. The van der Waals surface area contributed by atoms with Crippen LogP contribution in [0.5, 0.6) is 0 Å². The fraction of sp³-hybridized carbons (Fsp3) is 0.333. The molecule has 27 heavy (non-hydrogen) atoms. The number of H-pyrrole nitrogens is 1. The first kappa shape index (κ1) is 19.4. The van der Waals surface area contributed by atoms with Gasteiger partial charge in [-0.2, -0.15) is 0 Å². The summed E-state index contributed by atoms with van der Waals surface area (Å²) >= 11 is 6.33. The van der Waals surface area contributed by atoms with E-state index in [2.05, 4.69) is 11.9 Å². The molecule has 0 aliphatic rings. The molecule has 1 amide bonds. The third-order valence-corrected chi connectivity index (χ3v) is 4.75. The minimum absolute atomic E-state index is 0.0663. The molecular formula is C21H23ClFN3O. The highest BCUT2D eigenvalue weighted by atomic mass is 35.5. The van der Waals surface area contributed by atoms with Crippen LogP contribution in [0.3, 0.4) is 0 Å². The van der Waals surface area contributed by atoms with E-state index in [0.29, 0.717) is 23.0 Å². The van der Waals surface area contributed by atoms with Crippen LogP contribution in [-0.4, -0.2) is 15.9 Å². The lowest BCUT2D eigenvalue weighted by Gasteiger charge is -2.21. The molecule has 3 rings (SSSR count). The van der Waals surface area contributed by atoms with Crippen molar-refractivity contribution in [1.29, 1.82) is 0 Å². The normalized spacial score (nSPS) is 11.1. The summed E-state index contributed by atoms with van der Waals surface area (Å²) in [6, 6.07) is 9.92. The highest BCUT2D eigenvalue weighted by Crippen LogP contribution is 2.27. The van der Waals surface area contributed by atoms with Crippen LogP contribution in [0.1, 0.15) is 44.5 Å². The van der Waals surface area contributed by atoms with Gasteiger partial charge < -0.3 is 9.88 Å². The third kappa shape index (κ3) is 4.30. The molecule has 4 nitrogen and oxygen atoms in total. The minimum atomic E-state index is -0.375. The molecule has 1 aromatic heterocycles. The molecule has 0 aliphatic carbocycles. The lowest BCUT2D eigenvalue weighted by Crippen LogP contribution is -2.30. The second kappa shape index (κ2) is 8.53. The Hall–Kier alpha value is -2.40. The zero-order valence-corrected chi connectivity index (χ0v) is 16.3. The van der Waals surface area contributed by atoms with Crippen molar-refractivity contribution in [2.75, 3.05) is 4.90 Å². The summed E-state index contributed by atoms with van der Waals surface area (Å²) < 4.78 is 13.7. The van der Waals surface area contributed by atoms with E-state index < -0.39 is 0 Å². The molecule has 0 radical (unpaired) electrons. The number of halogens is 2. The van der Waals surface area contributed by atoms with Crippen molar-refractivity contribution < 1.29 is 9.18 Å². The van der Waals surface area contributed by atoms with Crippen LogP contribution in [-0.2, 0) is 17.8 Å². The number of nitrogens with zero attached hydrogens (tertiary/aromatic N) is 2. The summed E-state index contributed by atoms with van der Waals surface area (Å²) in [6.07, 6.45) is 3.01. The Balaban J connectivity index is 1.99. The average Bonchev–Trinajstić information content (AvgIpc) is 3.07. The van der Waals surface area contributed by atoms with Gasteiger partial charge in [-0.3, -0.25) is 4.79 Å². The average molecular weight is 388 g/mol. The van der Waals surface area contributed by atoms with Gasteiger partial charge in [0.2, 0.25) is 5.91 Å². The second-order valence-corrected chi connectivity index (χ2v) is 6.98. The fourth-order valence-corrected chi connectivity index (χ4v) is 3.38. The number of hydrogen-bond acceptors (Lipinski definition) is 2. The van der Waals surface area contributed by atoms with Crippen molar-refractivity contribution in [3.63, 3.8) is 0 Å². The van der Waals surface area contributed by atoms with Crippen LogP contribution in [0.15, 0.2) is 36.4 Å². The molecule has 3 aromatic rings. The molecule has 0 saturated heterocycles. The first-order valence-corrected chi connectivity index (χ1v) is 9.63. The summed E-state index contributed by atoms with van der Waals surface area (Å²) in [6.45, 7) is 4.29. The summed E-state index contributed by atoms with van der Waals surface area (Å²) in [5.41, 5.74) is 3.26. The zero-order valence-electron chi connectivity index (χ0n) is 15.6. The Labute approximate surface area is 163 Å². The lowest BCUT2D eigenvalue weighted by atomic mass is 10.1. The monoisotopic (exact) mass is 387 g/mol. The Morgan fingerprint density at radius 3 is 2.74 bits per heavy atom. The van der Waals surface area contributed by atoms with Gasteiger partial charge in [0.25, 0.3) is 0 Å². The number of carbonyl (C=O) groups excluding carboxylic acids is 1. The molecule has 6 heteroatoms. The fourth-order valence-electron chi connectivity index (χ4n) is 3.18. The SMILES string of the molecule is CCCC(=O)N(Cc1nc2c(CCC)ccc(Cl)c2[nH]1)c1cccc(F)c1. The van der Waals surface area contributed by atoms with Gasteiger partial charge in [-0.15, -0.1) is 0 Å². The van der Waals surface area contributed by atoms with Crippen LogP contribution < -0.4 is 4.90 Å². The van der Waals surface area contributed by atoms with Gasteiger partial charge in [-0.05, 0) is 42.7 Å². The summed E-state index contributed by atoms with van der Waals surface area (Å²) in [5.74, 6) is 0.187. The highest BCUT2D eigenvalue weighted by Gasteiger charge is 2.19. The smallest absolute Gasteiger partial charge is 0.227 e. The second-order valence-electron chi connectivity index (χ2n) is 6.57. The predicted molar refractivity (Wildman–Crippen MR) is 108 cm³/mol. The molecule has 0 fully saturated rings. The van der Waals surface area contributed by atoms with E-state index in [0.717, 1.165) is 35.9 Å². The van der Waals surface area contributed by atoms with Crippen molar-refractivity contribution in [3.8, 4) is 0 Å². The quantitative estimate of drug-likeness (QED) is 0.570. The van der Waals surface area contributed by atoms with Crippen molar-refractivity contribution >= 4 is 34.2 Å². The number of aryl methyl sites for hydroxylation is 1. The molecule has 0 saturated carbocycles. The van der Waals surface area contributed by atoms with Crippen molar-refractivity contribution in [3.05, 3.63) is 58.6 Å². The highest BCUT2D eigenvalue weighted by molar-refractivity contribution is 6.35. The number of anilines is 1. The number of aromatic nitrogens is 2. The van der Waals surface area contributed by atoms with Gasteiger partial charge in [0.1, 0.15) is 11.6 Å². The van der Waals surface area contributed by atoms with Crippen molar-refractivity contribution in [2.45, 2.75) is 46.1 Å². The molecule has 0 bridgehead atoms. The largest absolute Gasteiger partial charge is 0.339 e. The molecule has 1 N–H and O–H groups in total. The van der Waals surface area contributed by atoms with E-state index in [1.807, 2.05) is 19.1 Å². The zero-order chi connectivity index (χ0) is 19.4. The molecule has 0 atom stereocenters. The Bertz CT molecular complexity index is 954. The number of aromatic amines is 1. The number of amides is 1. The number of benzene rings is 2. The minimum Gasteiger partial charge on any atom is -0.339 e. The van der Waals surface area contributed by atoms with Crippen molar-refractivity contribution in [1.82, 2.24) is 9.97 Å². The van der Waals surface area contributed by atoms with E-state index >= 15 is 0 Å². The first-order chi connectivity index (χ1) is 13.0. The van der Waals surface area contributed by atoms with E-state index in [1.165, 1.54) is 12.1 Å². The molecule has 0 aliphatic heterocycles. The van der Waals surface area contributed by atoms with Crippen LogP contribution in [0, 0.1) is 5.82 Å². The maximum absolute atomic E-state index is 13.7. The maximum Gasteiger partial charge on any atom is 0.227 e. The number of carbonyl (C=O) groups is 1. The number of imidazole rings is 1. The predicted octanol–water partition coefficient (Wildman–Crippen LogP) is 5.64. The third-order valence-electron chi connectivity index (χ3n) is 4.44. The topological polar surface area (TPSA) is 49.0 Å². The van der Waals surface area contributed by atoms with Gasteiger partial charge in [0.15, 0.2) is 0 Å². The van der Waals surface area contributed by atoms with Crippen molar-refractivity contribution in [2.24, 2.45) is 0 Å². The molecular weight excluding hydrogens is 365 g/mol. The van der Waals surface area contributed by atoms with Crippen LogP contribution in [0.2, 0.25) is 5.02 Å². The van der Waals surface area contributed by atoms with Gasteiger partial charge >= 0.3 is 0 Å².